The summed E-state index contributed by atoms with van der Waals surface area (Å²) in [6.07, 6.45) is -3.39. The van der Waals surface area contributed by atoms with E-state index >= 15 is 0 Å². The smallest absolute Gasteiger partial charge is 0.186 e. The van der Waals surface area contributed by atoms with Crippen molar-refractivity contribution >= 4 is 0 Å². The molecule has 1 rings (SSSR count). The number of hydrogen-bond acceptors (Lipinski definition) is 6. The molecule has 84 valence electrons. The Kier molecular flexibility index (Phi) is 4.73. The van der Waals surface area contributed by atoms with Crippen molar-refractivity contribution < 1.29 is 29.2 Å². The van der Waals surface area contributed by atoms with Gasteiger partial charge in [-0.3, -0.25) is 0 Å². The van der Waals surface area contributed by atoms with Crippen LogP contribution in [0.15, 0.2) is 0 Å². The first-order chi connectivity index (χ1) is 6.70. The minimum atomic E-state index is -1.02. The molecule has 0 amide bonds. The van der Waals surface area contributed by atoms with Crippen molar-refractivity contribution in [3.05, 3.63) is 0 Å². The predicted octanol–water partition coefficient (Wildman–Crippen LogP) is -1.30. The summed E-state index contributed by atoms with van der Waals surface area (Å²) in [6, 6.07) is 0. The summed E-state index contributed by atoms with van der Waals surface area (Å²) >= 11 is 0. The predicted molar refractivity (Wildman–Crippen MR) is 45.5 cm³/mol. The van der Waals surface area contributed by atoms with Gasteiger partial charge in [0, 0.05) is 14.2 Å². The Bertz CT molecular complexity index is 162. The zero-order valence-electron chi connectivity index (χ0n) is 8.25. The number of hydrogen-bond donors (Lipinski definition) is 2. The molecule has 6 nitrogen and oxygen atoms in total. The van der Waals surface area contributed by atoms with Crippen molar-refractivity contribution in [1.29, 1.82) is 0 Å². The van der Waals surface area contributed by atoms with Gasteiger partial charge < -0.3 is 29.2 Å². The summed E-state index contributed by atoms with van der Waals surface area (Å²) < 4.78 is 19.9. The first-order valence-corrected chi connectivity index (χ1v) is 4.31. The van der Waals surface area contributed by atoms with Gasteiger partial charge in [-0.2, -0.15) is 0 Å². The molecule has 0 bridgehead atoms. The summed E-state index contributed by atoms with van der Waals surface area (Å²) in [4.78, 5) is 0. The van der Waals surface area contributed by atoms with Crippen molar-refractivity contribution in [2.24, 2.45) is 0 Å². The summed E-state index contributed by atoms with van der Waals surface area (Å²) in [6.45, 7) is 0.0458. The molecular weight excluding hydrogens is 192 g/mol. The molecule has 14 heavy (non-hydrogen) atoms. The third kappa shape index (κ3) is 2.63. The second-order valence-electron chi connectivity index (χ2n) is 3.03. The van der Waals surface area contributed by atoms with Gasteiger partial charge in [-0.1, -0.05) is 0 Å². The number of rotatable bonds is 4. The van der Waals surface area contributed by atoms with Gasteiger partial charge in [0.2, 0.25) is 0 Å². The van der Waals surface area contributed by atoms with Gasteiger partial charge in [0.25, 0.3) is 0 Å². The summed E-state index contributed by atoms with van der Waals surface area (Å²) in [5.41, 5.74) is 0. The van der Waals surface area contributed by atoms with Gasteiger partial charge in [-0.05, 0) is 0 Å². The molecule has 4 atom stereocenters. The van der Waals surface area contributed by atoms with Crippen LogP contribution in [-0.2, 0) is 18.9 Å². The Balaban J connectivity index is 2.52. The van der Waals surface area contributed by atoms with Crippen LogP contribution < -0.4 is 0 Å². The summed E-state index contributed by atoms with van der Waals surface area (Å²) in [5.74, 6) is 0. The molecule has 1 fully saturated rings. The number of ether oxygens (including phenoxy) is 4. The van der Waals surface area contributed by atoms with Crippen LogP contribution in [0.1, 0.15) is 0 Å². The SMILES string of the molecule is COCOC1C(OC)OCC(O)C1O. The van der Waals surface area contributed by atoms with Crippen LogP contribution in [0.4, 0.5) is 0 Å². The molecular formula is C8H16O6. The van der Waals surface area contributed by atoms with Gasteiger partial charge in [-0.15, -0.1) is 0 Å². The molecule has 0 spiro atoms. The number of methoxy groups -OCH3 is 2. The van der Waals surface area contributed by atoms with Crippen LogP contribution >= 0.6 is 0 Å². The minimum Gasteiger partial charge on any atom is -0.388 e. The molecule has 1 aliphatic heterocycles. The normalized spacial score (nSPS) is 38.6. The van der Waals surface area contributed by atoms with Crippen LogP contribution in [0, 0.1) is 0 Å². The largest absolute Gasteiger partial charge is 0.388 e. The fourth-order valence-corrected chi connectivity index (χ4v) is 1.29. The Morgan fingerprint density at radius 1 is 1.36 bits per heavy atom. The first kappa shape index (κ1) is 11.8. The number of aliphatic hydroxyl groups is 2. The van der Waals surface area contributed by atoms with E-state index in [-0.39, 0.29) is 13.4 Å². The van der Waals surface area contributed by atoms with E-state index < -0.39 is 24.6 Å². The molecule has 4 unspecified atom stereocenters. The average molecular weight is 208 g/mol. The standard InChI is InChI=1S/C8H16O6/c1-11-4-14-7-6(10)5(9)3-13-8(7)12-2/h5-10H,3-4H2,1-2H3. The minimum absolute atomic E-state index is 0.0116. The van der Waals surface area contributed by atoms with Crippen LogP contribution in [0.25, 0.3) is 0 Å². The summed E-state index contributed by atoms with van der Waals surface area (Å²) in [7, 11) is 2.91. The maximum Gasteiger partial charge on any atom is 0.186 e. The lowest BCUT2D eigenvalue weighted by Crippen LogP contribution is -2.54. The van der Waals surface area contributed by atoms with E-state index in [1.807, 2.05) is 0 Å². The highest BCUT2D eigenvalue weighted by atomic mass is 16.7. The van der Waals surface area contributed by atoms with E-state index in [1.165, 1.54) is 14.2 Å². The van der Waals surface area contributed by atoms with Crippen LogP contribution in [0.3, 0.4) is 0 Å². The lowest BCUT2D eigenvalue weighted by atomic mass is 10.1. The van der Waals surface area contributed by atoms with Crippen LogP contribution in [0.5, 0.6) is 0 Å². The van der Waals surface area contributed by atoms with E-state index in [2.05, 4.69) is 0 Å². The lowest BCUT2D eigenvalue weighted by Gasteiger charge is -2.36. The molecule has 2 N–H and O–H groups in total. The van der Waals surface area contributed by atoms with Gasteiger partial charge in [0.1, 0.15) is 25.1 Å². The highest BCUT2D eigenvalue weighted by molar-refractivity contribution is 4.83. The van der Waals surface area contributed by atoms with Crippen LogP contribution in [-0.4, -0.2) is 62.4 Å². The van der Waals surface area contributed by atoms with Gasteiger partial charge in [0.15, 0.2) is 6.29 Å². The maximum absolute atomic E-state index is 9.58. The van der Waals surface area contributed by atoms with E-state index in [9.17, 15) is 10.2 Å². The average Bonchev–Trinajstić information content (AvgIpc) is 2.20. The van der Waals surface area contributed by atoms with Crippen LogP contribution in [0.2, 0.25) is 0 Å². The third-order valence-electron chi connectivity index (χ3n) is 2.04. The lowest BCUT2D eigenvalue weighted by molar-refractivity contribution is -0.286. The fourth-order valence-electron chi connectivity index (χ4n) is 1.29. The Labute approximate surface area is 82.3 Å². The van der Waals surface area contributed by atoms with Crippen molar-refractivity contribution in [2.75, 3.05) is 27.6 Å². The van der Waals surface area contributed by atoms with E-state index in [0.29, 0.717) is 0 Å². The van der Waals surface area contributed by atoms with Gasteiger partial charge in [0.05, 0.1) is 6.61 Å². The van der Waals surface area contributed by atoms with Crippen molar-refractivity contribution in [1.82, 2.24) is 0 Å². The Morgan fingerprint density at radius 2 is 2.07 bits per heavy atom. The molecule has 1 saturated heterocycles. The zero-order chi connectivity index (χ0) is 10.6. The van der Waals surface area contributed by atoms with E-state index in [0.717, 1.165) is 0 Å². The van der Waals surface area contributed by atoms with Crippen molar-refractivity contribution in [2.45, 2.75) is 24.6 Å². The third-order valence-corrected chi connectivity index (χ3v) is 2.04. The van der Waals surface area contributed by atoms with Crippen molar-refractivity contribution in [3.63, 3.8) is 0 Å². The molecule has 1 heterocycles. The number of aliphatic hydroxyl groups excluding tert-OH is 2. The molecule has 6 heteroatoms. The Morgan fingerprint density at radius 3 is 2.64 bits per heavy atom. The second kappa shape index (κ2) is 5.59. The molecule has 1 aliphatic rings. The Hall–Kier alpha value is -0.240. The molecule has 0 aromatic rings. The maximum atomic E-state index is 9.58. The molecule has 0 aromatic carbocycles. The highest BCUT2D eigenvalue weighted by Gasteiger charge is 2.39. The quantitative estimate of drug-likeness (QED) is 0.559. The first-order valence-electron chi connectivity index (χ1n) is 4.31. The van der Waals surface area contributed by atoms with Crippen molar-refractivity contribution in [3.8, 4) is 0 Å². The van der Waals surface area contributed by atoms with E-state index in [4.69, 9.17) is 18.9 Å². The summed E-state index contributed by atoms with van der Waals surface area (Å²) in [5, 5.41) is 18.9. The molecule has 0 radical (unpaired) electrons. The fraction of sp³-hybridized carbons (Fsp3) is 1.00. The second-order valence-corrected chi connectivity index (χ2v) is 3.03. The highest BCUT2D eigenvalue weighted by Crippen LogP contribution is 2.19. The topological polar surface area (TPSA) is 77.4 Å². The molecule has 0 aromatic heterocycles. The molecule has 0 aliphatic carbocycles. The molecule has 0 saturated carbocycles. The zero-order valence-corrected chi connectivity index (χ0v) is 8.25. The van der Waals surface area contributed by atoms with Gasteiger partial charge in [-0.25, -0.2) is 0 Å². The monoisotopic (exact) mass is 208 g/mol. The van der Waals surface area contributed by atoms with E-state index in [1.54, 1.807) is 0 Å². The van der Waals surface area contributed by atoms with Gasteiger partial charge >= 0.3 is 0 Å².